The van der Waals surface area contributed by atoms with Crippen LogP contribution in [0.1, 0.15) is 58.8 Å². The van der Waals surface area contributed by atoms with E-state index < -0.39 is 5.54 Å². The van der Waals surface area contributed by atoms with Crippen LogP contribution < -0.4 is 5.32 Å². The number of aliphatic hydroxyl groups is 3. The van der Waals surface area contributed by atoms with Crippen LogP contribution in [0.15, 0.2) is 0 Å². The molecule has 0 aliphatic heterocycles. The number of amides is 1. The van der Waals surface area contributed by atoms with Crippen molar-refractivity contribution in [3.8, 4) is 0 Å². The summed E-state index contributed by atoms with van der Waals surface area (Å²) in [4.78, 5) is 24.4. The van der Waals surface area contributed by atoms with E-state index in [1.165, 1.54) is 0 Å². The van der Waals surface area contributed by atoms with Gasteiger partial charge in [-0.1, -0.05) is 13.8 Å². The number of carbonyl (C=O) groups excluding carboxylic acids is 2. The summed E-state index contributed by atoms with van der Waals surface area (Å²) in [5.74, 6) is -0.190. The van der Waals surface area contributed by atoms with Gasteiger partial charge in [0.15, 0.2) is 0 Å². The molecule has 0 bridgehead atoms. The summed E-state index contributed by atoms with van der Waals surface area (Å²) in [6, 6.07) is 0. The quantitative estimate of drug-likeness (QED) is 0.124. The van der Waals surface area contributed by atoms with Gasteiger partial charge >= 0.3 is 5.97 Å². The van der Waals surface area contributed by atoms with Gasteiger partial charge < -0.3 is 39.6 Å². The number of aliphatic hydroxyl groups excluding tert-OH is 3. The van der Waals surface area contributed by atoms with Gasteiger partial charge in [0, 0.05) is 52.5 Å². The number of hydrogen-bond acceptors (Lipinski definition) is 9. The fraction of sp³-hybridized carbons (Fsp3) is 0.913. The van der Waals surface area contributed by atoms with E-state index in [-0.39, 0.29) is 70.3 Å². The van der Waals surface area contributed by atoms with Crippen LogP contribution in [0.5, 0.6) is 0 Å². The summed E-state index contributed by atoms with van der Waals surface area (Å²) in [6.07, 6.45) is 2.97. The Morgan fingerprint density at radius 1 is 0.758 bits per heavy atom. The molecule has 10 heteroatoms. The van der Waals surface area contributed by atoms with Crippen molar-refractivity contribution in [2.24, 2.45) is 5.92 Å². The molecule has 10 nitrogen and oxygen atoms in total. The molecule has 0 aliphatic carbocycles. The molecule has 0 aromatic heterocycles. The highest BCUT2D eigenvalue weighted by Gasteiger charge is 2.33. The minimum atomic E-state index is -0.951. The molecule has 0 aliphatic rings. The SMILES string of the molecule is CC(C)COC(=O)CCCCC(=O)NC(COCCCO)(COCCCO)COCCCO. The van der Waals surface area contributed by atoms with Crippen LogP contribution in [0.25, 0.3) is 0 Å². The summed E-state index contributed by atoms with van der Waals surface area (Å²) in [5.41, 5.74) is -0.951. The van der Waals surface area contributed by atoms with Crippen molar-refractivity contribution < 1.29 is 43.9 Å². The van der Waals surface area contributed by atoms with Gasteiger partial charge in [0.05, 0.1) is 26.4 Å². The van der Waals surface area contributed by atoms with E-state index >= 15 is 0 Å². The Kier molecular flexibility index (Phi) is 20.4. The van der Waals surface area contributed by atoms with E-state index in [2.05, 4.69) is 5.32 Å². The minimum absolute atomic E-state index is 0.00103. The Hall–Kier alpha value is -1.30. The Labute approximate surface area is 197 Å². The lowest BCUT2D eigenvalue weighted by Crippen LogP contribution is -2.58. The van der Waals surface area contributed by atoms with E-state index in [0.29, 0.717) is 58.5 Å². The zero-order valence-electron chi connectivity index (χ0n) is 20.4. The lowest BCUT2D eigenvalue weighted by Gasteiger charge is -2.34. The number of rotatable bonds is 23. The lowest BCUT2D eigenvalue weighted by molar-refractivity contribution is -0.145. The largest absolute Gasteiger partial charge is 0.465 e. The van der Waals surface area contributed by atoms with Gasteiger partial charge in [0.1, 0.15) is 5.54 Å². The second kappa shape index (κ2) is 21.2. The lowest BCUT2D eigenvalue weighted by atomic mass is 10.0. The molecule has 196 valence electrons. The molecule has 0 unspecified atom stereocenters. The zero-order valence-corrected chi connectivity index (χ0v) is 20.4. The average Bonchev–Trinajstić information content (AvgIpc) is 2.79. The van der Waals surface area contributed by atoms with Crippen LogP contribution >= 0.6 is 0 Å². The molecule has 0 aromatic carbocycles. The maximum Gasteiger partial charge on any atom is 0.305 e. The fourth-order valence-electron chi connectivity index (χ4n) is 2.78. The maximum absolute atomic E-state index is 12.7. The van der Waals surface area contributed by atoms with Crippen molar-refractivity contribution in [2.75, 3.05) is 66.1 Å². The van der Waals surface area contributed by atoms with Gasteiger partial charge in [0.2, 0.25) is 5.91 Å². The summed E-state index contributed by atoms with van der Waals surface area (Å²) in [7, 11) is 0. The normalized spacial score (nSPS) is 11.7. The Balaban J connectivity index is 4.82. The van der Waals surface area contributed by atoms with Crippen LogP contribution in [0.2, 0.25) is 0 Å². The predicted octanol–water partition coefficient (Wildman–Crippen LogP) is 0.798. The van der Waals surface area contributed by atoms with E-state index in [4.69, 9.17) is 34.3 Å². The van der Waals surface area contributed by atoms with Gasteiger partial charge in [-0.25, -0.2) is 0 Å². The molecule has 1 amide bonds. The third-order valence-corrected chi connectivity index (χ3v) is 4.49. The van der Waals surface area contributed by atoms with Crippen LogP contribution in [-0.4, -0.2) is 98.8 Å². The first kappa shape index (κ1) is 31.7. The van der Waals surface area contributed by atoms with E-state index in [1.807, 2.05) is 13.8 Å². The average molecular weight is 480 g/mol. The van der Waals surface area contributed by atoms with Crippen LogP contribution in [0.3, 0.4) is 0 Å². The van der Waals surface area contributed by atoms with E-state index in [1.54, 1.807) is 0 Å². The Morgan fingerprint density at radius 3 is 1.64 bits per heavy atom. The van der Waals surface area contributed by atoms with Crippen molar-refractivity contribution in [2.45, 2.75) is 64.3 Å². The smallest absolute Gasteiger partial charge is 0.305 e. The Morgan fingerprint density at radius 2 is 1.21 bits per heavy atom. The van der Waals surface area contributed by atoms with E-state index in [9.17, 15) is 9.59 Å². The van der Waals surface area contributed by atoms with Crippen molar-refractivity contribution in [3.05, 3.63) is 0 Å². The third-order valence-electron chi connectivity index (χ3n) is 4.49. The molecule has 0 heterocycles. The monoisotopic (exact) mass is 479 g/mol. The highest BCUT2D eigenvalue weighted by atomic mass is 16.5. The van der Waals surface area contributed by atoms with Crippen molar-refractivity contribution in [3.63, 3.8) is 0 Å². The second-order valence-corrected chi connectivity index (χ2v) is 8.50. The highest BCUT2D eigenvalue weighted by Crippen LogP contribution is 2.12. The highest BCUT2D eigenvalue weighted by molar-refractivity contribution is 5.77. The number of unbranched alkanes of at least 4 members (excludes halogenated alkanes) is 1. The molecule has 0 aromatic rings. The van der Waals surface area contributed by atoms with Crippen molar-refractivity contribution >= 4 is 11.9 Å². The fourth-order valence-corrected chi connectivity index (χ4v) is 2.78. The molecule has 4 N–H and O–H groups in total. The molecule has 33 heavy (non-hydrogen) atoms. The summed E-state index contributed by atoms with van der Waals surface area (Å²) >= 11 is 0. The number of hydrogen-bond donors (Lipinski definition) is 4. The van der Waals surface area contributed by atoms with Crippen LogP contribution in [-0.2, 0) is 28.5 Å². The van der Waals surface area contributed by atoms with Gasteiger partial charge in [-0.2, -0.15) is 0 Å². The molecule has 0 radical (unpaired) electrons. The minimum Gasteiger partial charge on any atom is -0.465 e. The number of nitrogens with one attached hydrogen (secondary N) is 1. The second-order valence-electron chi connectivity index (χ2n) is 8.50. The van der Waals surface area contributed by atoms with Crippen LogP contribution in [0.4, 0.5) is 0 Å². The van der Waals surface area contributed by atoms with E-state index in [0.717, 1.165) is 0 Å². The summed E-state index contributed by atoms with van der Waals surface area (Å²) in [6.45, 7) is 5.66. The topological polar surface area (TPSA) is 144 Å². The molecule has 0 fully saturated rings. The maximum atomic E-state index is 12.7. The molecular formula is C23H45NO9. The van der Waals surface area contributed by atoms with Gasteiger partial charge in [-0.15, -0.1) is 0 Å². The van der Waals surface area contributed by atoms with Crippen LogP contribution in [0, 0.1) is 5.92 Å². The molecule has 0 saturated heterocycles. The molecule has 0 atom stereocenters. The number of ether oxygens (including phenoxy) is 4. The summed E-state index contributed by atoms with van der Waals surface area (Å²) < 4.78 is 22.1. The first-order valence-electron chi connectivity index (χ1n) is 11.9. The van der Waals surface area contributed by atoms with Gasteiger partial charge in [0.25, 0.3) is 0 Å². The molecule has 0 rings (SSSR count). The molecular weight excluding hydrogens is 434 g/mol. The first-order chi connectivity index (χ1) is 15.9. The summed E-state index contributed by atoms with van der Waals surface area (Å²) in [5, 5.41) is 29.9. The number of carbonyl (C=O) groups is 2. The standard InChI is InChI=1S/C23H45NO9/c1-20(2)16-33-22(29)9-4-3-8-21(28)24-23(17-30-13-5-10-25,18-31-14-6-11-26)19-32-15-7-12-27/h20,25-27H,3-19H2,1-2H3,(H,24,28). The van der Waals surface area contributed by atoms with Gasteiger partial charge in [-0.3, -0.25) is 9.59 Å². The molecule has 0 spiro atoms. The van der Waals surface area contributed by atoms with Crippen molar-refractivity contribution in [1.29, 1.82) is 0 Å². The predicted molar refractivity (Wildman–Crippen MR) is 123 cm³/mol. The first-order valence-corrected chi connectivity index (χ1v) is 11.9. The third kappa shape index (κ3) is 18.8. The molecule has 0 saturated carbocycles. The Bertz CT molecular complexity index is 457. The van der Waals surface area contributed by atoms with Gasteiger partial charge in [-0.05, 0) is 38.0 Å². The van der Waals surface area contributed by atoms with Crippen molar-refractivity contribution in [1.82, 2.24) is 5.32 Å². The number of esters is 1. The zero-order chi connectivity index (χ0) is 24.8.